The molecule has 1 N–H and O–H groups in total. The van der Waals surface area contributed by atoms with Crippen molar-refractivity contribution in [2.75, 3.05) is 37.5 Å². The van der Waals surface area contributed by atoms with Crippen LogP contribution in [0.2, 0.25) is 0 Å². The van der Waals surface area contributed by atoms with Crippen LogP contribution in [0, 0.1) is 6.92 Å². The Hall–Kier alpha value is -3.02. The van der Waals surface area contributed by atoms with Gasteiger partial charge < -0.3 is 19.7 Å². The lowest BCUT2D eigenvalue weighted by Crippen LogP contribution is -2.39. The summed E-state index contributed by atoms with van der Waals surface area (Å²) in [6.45, 7) is 4.09. The van der Waals surface area contributed by atoms with Crippen LogP contribution in [0.4, 0.5) is 11.4 Å². The number of aryl methyl sites for hydroxylation is 2. The first-order chi connectivity index (χ1) is 15.2. The number of anilines is 2. The van der Waals surface area contributed by atoms with Crippen LogP contribution in [0.3, 0.4) is 0 Å². The molecule has 5 rings (SSSR count). The highest BCUT2D eigenvalue weighted by Gasteiger charge is 2.25. The van der Waals surface area contributed by atoms with E-state index in [-0.39, 0.29) is 0 Å². The van der Waals surface area contributed by atoms with Crippen molar-refractivity contribution in [3.63, 3.8) is 0 Å². The van der Waals surface area contributed by atoms with Gasteiger partial charge in [0.25, 0.3) is 0 Å². The third kappa shape index (κ3) is 3.75. The van der Waals surface area contributed by atoms with Gasteiger partial charge in [-0.05, 0) is 62.8 Å². The van der Waals surface area contributed by atoms with Crippen molar-refractivity contribution in [3.05, 3.63) is 47.4 Å². The lowest BCUT2D eigenvalue weighted by molar-refractivity contribution is 0.356. The van der Waals surface area contributed by atoms with Gasteiger partial charge in [0.2, 0.25) is 0 Å². The van der Waals surface area contributed by atoms with Gasteiger partial charge in [-0.2, -0.15) is 0 Å². The Labute approximate surface area is 183 Å². The van der Waals surface area contributed by atoms with E-state index in [1.165, 1.54) is 29.1 Å². The Kier molecular flexibility index (Phi) is 5.30. The largest absolute Gasteiger partial charge is 0.493 e. The molecular weight excluding hydrogens is 388 g/mol. The normalized spacial score (nSPS) is 16.4. The van der Waals surface area contributed by atoms with Crippen LogP contribution < -0.4 is 19.7 Å². The molecule has 31 heavy (non-hydrogen) atoms. The lowest BCUT2D eigenvalue weighted by Gasteiger charge is -2.34. The molecule has 0 atom stereocenters. The number of fused-ring (bicyclic) bond motifs is 2. The lowest BCUT2D eigenvalue weighted by atomic mass is 10.0. The average Bonchev–Trinajstić information content (AvgIpc) is 3.27. The number of nitrogens with one attached hydrogen (secondary N) is 1. The molecule has 162 valence electrons. The van der Waals surface area contributed by atoms with Crippen LogP contribution in [-0.2, 0) is 12.8 Å². The molecule has 0 spiro atoms. The Morgan fingerprint density at radius 1 is 1.03 bits per heavy atom. The number of methoxy groups -OCH3 is 2. The Morgan fingerprint density at radius 3 is 2.52 bits per heavy atom. The molecule has 6 heteroatoms. The Morgan fingerprint density at radius 2 is 1.81 bits per heavy atom. The SMILES string of the molecule is COc1cc2nc3c(c(NC4CCN(c5ccc(C)nc5)CC4)c2cc1OC)CCC3. The summed E-state index contributed by atoms with van der Waals surface area (Å²) >= 11 is 0. The Balaban J connectivity index is 1.42. The van der Waals surface area contributed by atoms with Crippen LogP contribution in [0.1, 0.15) is 36.2 Å². The van der Waals surface area contributed by atoms with Crippen LogP contribution in [0.25, 0.3) is 10.9 Å². The van der Waals surface area contributed by atoms with Gasteiger partial charge in [-0.1, -0.05) is 0 Å². The van der Waals surface area contributed by atoms with Gasteiger partial charge in [0.05, 0.1) is 31.6 Å². The van der Waals surface area contributed by atoms with E-state index in [1.807, 2.05) is 19.2 Å². The molecular formula is C25H30N4O2. The van der Waals surface area contributed by atoms with Gasteiger partial charge in [-0.15, -0.1) is 0 Å². The second-order valence-electron chi connectivity index (χ2n) is 8.55. The maximum absolute atomic E-state index is 5.59. The molecule has 0 bridgehead atoms. The first-order valence-electron chi connectivity index (χ1n) is 11.2. The van der Waals surface area contributed by atoms with Crippen molar-refractivity contribution in [2.45, 2.75) is 45.1 Å². The van der Waals surface area contributed by atoms with E-state index in [1.54, 1.807) is 14.2 Å². The maximum Gasteiger partial charge on any atom is 0.162 e. The summed E-state index contributed by atoms with van der Waals surface area (Å²) in [5.74, 6) is 1.48. The molecule has 1 aliphatic heterocycles. The van der Waals surface area contributed by atoms with Gasteiger partial charge in [-0.3, -0.25) is 9.97 Å². The molecule has 3 heterocycles. The van der Waals surface area contributed by atoms with E-state index in [0.29, 0.717) is 6.04 Å². The van der Waals surface area contributed by atoms with Crippen molar-refractivity contribution >= 4 is 22.3 Å². The second-order valence-corrected chi connectivity index (χ2v) is 8.55. The first-order valence-corrected chi connectivity index (χ1v) is 11.2. The van der Waals surface area contributed by atoms with Crippen LogP contribution in [0.5, 0.6) is 11.5 Å². The second kappa shape index (κ2) is 8.25. The molecule has 3 aromatic rings. The fourth-order valence-electron chi connectivity index (χ4n) is 4.89. The van der Waals surface area contributed by atoms with Crippen molar-refractivity contribution < 1.29 is 9.47 Å². The highest BCUT2D eigenvalue weighted by molar-refractivity contribution is 5.96. The third-order valence-electron chi connectivity index (χ3n) is 6.62. The highest BCUT2D eigenvalue weighted by Crippen LogP contribution is 2.40. The third-order valence-corrected chi connectivity index (χ3v) is 6.62. The molecule has 2 aromatic heterocycles. The monoisotopic (exact) mass is 418 g/mol. The zero-order valence-corrected chi connectivity index (χ0v) is 18.6. The fourth-order valence-corrected chi connectivity index (χ4v) is 4.89. The molecule has 1 aliphatic carbocycles. The number of hydrogen-bond donors (Lipinski definition) is 1. The predicted molar refractivity (Wildman–Crippen MR) is 125 cm³/mol. The average molecular weight is 419 g/mol. The molecule has 0 unspecified atom stereocenters. The number of aromatic nitrogens is 2. The molecule has 6 nitrogen and oxygen atoms in total. The maximum atomic E-state index is 5.59. The summed E-state index contributed by atoms with van der Waals surface area (Å²) in [6, 6.07) is 8.80. The number of pyridine rings is 2. The van der Waals surface area contributed by atoms with Gasteiger partial charge >= 0.3 is 0 Å². The summed E-state index contributed by atoms with van der Waals surface area (Å²) in [5, 5.41) is 5.04. The van der Waals surface area contributed by atoms with E-state index < -0.39 is 0 Å². The number of rotatable bonds is 5. The summed E-state index contributed by atoms with van der Waals surface area (Å²) in [4.78, 5) is 11.9. The fraction of sp³-hybridized carbons (Fsp3) is 0.440. The minimum Gasteiger partial charge on any atom is -0.493 e. The minimum absolute atomic E-state index is 0.443. The van der Waals surface area contributed by atoms with E-state index in [2.05, 4.69) is 33.4 Å². The molecule has 1 aromatic carbocycles. The molecule has 1 fully saturated rings. The molecule has 0 amide bonds. The molecule has 1 saturated heterocycles. The number of piperidine rings is 1. The van der Waals surface area contributed by atoms with E-state index in [4.69, 9.17) is 14.5 Å². The molecule has 2 aliphatic rings. The van der Waals surface area contributed by atoms with Crippen LogP contribution in [0.15, 0.2) is 30.5 Å². The topological polar surface area (TPSA) is 59.5 Å². The first kappa shape index (κ1) is 19.9. The van der Waals surface area contributed by atoms with Gasteiger partial charge in [-0.25, -0.2) is 0 Å². The summed E-state index contributed by atoms with van der Waals surface area (Å²) in [5.41, 5.74) is 7.11. The number of hydrogen-bond acceptors (Lipinski definition) is 6. The highest BCUT2D eigenvalue weighted by atomic mass is 16.5. The number of ether oxygens (including phenoxy) is 2. The summed E-state index contributed by atoms with van der Waals surface area (Å²) in [7, 11) is 3.36. The number of nitrogens with zero attached hydrogens (tertiary/aromatic N) is 3. The van der Waals surface area contributed by atoms with Gasteiger partial charge in [0, 0.05) is 47.7 Å². The number of benzene rings is 1. The van der Waals surface area contributed by atoms with Crippen LogP contribution in [-0.4, -0.2) is 43.3 Å². The van der Waals surface area contributed by atoms with E-state index in [9.17, 15) is 0 Å². The Bertz CT molecular complexity index is 1090. The van der Waals surface area contributed by atoms with Crippen molar-refractivity contribution in [3.8, 4) is 11.5 Å². The van der Waals surface area contributed by atoms with E-state index >= 15 is 0 Å². The quantitative estimate of drug-likeness (QED) is 0.657. The molecule has 0 saturated carbocycles. The molecule has 0 radical (unpaired) electrons. The van der Waals surface area contributed by atoms with Crippen LogP contribution >= 0.6 is 0 Å². The van der Waals surface area contributed by atoms with Crippen molar-refractivity contribution in [1.82, 2.24) is 9.97 Å². The summed E-state index contributed by atoms with van der Waals surface area (Å²) in [6.07, 6.45) is 7.49. The van der Waals surface area contributed by atoms with Gasteiger partial charge in [0.1, 0.15) is 0 Å². The van der Waals surface area contributed by atoms with Crippen molar-refractivity contribution in [1.29, 1.82) is 0 Å². The van der Waals surface area contributed by atoms with Gasteiger partial charge in [0.15, 0.2) is 11.5 Å². The standard InChI is InChI=1S/C25H30N4O2/c1-16-7-8-18(15-26-16)29-11-9-17(10-12-29)27-25-19-5-4-6-21(19)28-22-14-24(31-3)23(30-2)13-20(22)25/h7-8,13-15,17H,4-6,9-12H2,1-3H3,(H,27,28). The zero-order valence-electron chi connectivity index (χ0n) is 18.6. The predicted octanol–water partition coefficient (Wildman–Crippen LogP) is 4.53. The summed E-state index contributed by atoms with van der Waals surface area (Å²) < 4.78 is 11.1. The zero-order chi connectivity index (χ0) is 21.4. The van der Waals surface area contributed by atoms with E-state index in [0.717, 1.165) is 66.9 Å². The smallest absolute Gasteiger partial charge is 0.162 e. The minimum atomic E-state index is 0.443. The van der Waals surface area contributed by atoms with Crippen molar-refractivity contribution in [2.24, 2.45) is 0 Å².